The topological polar surface area (TPSA) is 99.4 Å². The number of rotatable bonds is 7. The lowest BCUT2D eigenvalue weighted by Crippen LogP contribution is -2.13. The van der Waals surface area contributed by atoms with Gasteiger partial charge in [0.15, 0.2) is 0 Å². The molecule has 34 heavy (non-hydrogen) atoms. The van der Waals surface area contributed by atoms with Crippen molar-refractivity contribution in [3.63, 3.8) is 0 Å². The van der Waals surface area contributed by atoms with Crippen LogP contribution in [-0.2, 0) is 11.4 Å². The van der Waals surface area contributed by atoms with E-state index in [1.54, 1.807) is 24.3 Å². The first-order valence-electron chi connectivity index (χ1n) is 10.1. The van der Waals surface area contributed by atoms with Crippen LogP contribution in [0.2, 0.25) is 0 Å². The van der Waals surface area contributed by atoms with Crippen LogP contribution < -0.4 is 10.1 Å². The largest absolute Gasteiger partial charge is 0.487 e. The van der Waals surface area contributed by atoms with Crippen LogP contribution in [-0.4, -0.2) is 17.0 Å². The average Bonchev–Trinajstić information content (AvgIpc) is 2.79. The van der Waals surface area contributed by atoms with Crippen molar-refractivity contribution < 1.29 is 19.4 Å². The van der Waals surface area contributed by atoms with E-state index in [1.807, 2.05) is 38.1 Å². The van der Waals surface area contributed by atoms with Gasteiger partial charge >= 0.3 is 5.97 Å². The second kappa shape index (κ2) is 11.3. The summed E-state index contributed by atoms with van der Waals surface area (Å²) >= 11 is 5.62. The third kappa shape index (κ3) is 6.46. The van der Waals surface area contributed by atoms with Crippen molar-refractivity contribution in [2.75, 3.05) is 5.32 Å². The highest BCUT2D eigenvalue weighted by Gasteiger charge is 2.13. The number of aryl methyl sites for hydroxylation is 2. The predicted octanol–water partition coefficient (Wildman–Crippen LogP) is 6.49. The van der Waals surface area contributed by atoms with Gasteiger partial charge in [-0.05, 0) is 117 Å². The molecule has 0 aromatic heterocycles. The number of nitrogens with one attached hydrogen (secondary N) is 1. The molecule has 3 rings (SSSR count). The SMILES string of the molecule is Cc1ccc(NC(=O)/C(C#N)=C/c2cc(Br)c(OCc3ccc(C(=O)O)cc3)c(I)c2)cc1C. The molecule has 0 atom stereocenters. The van der Waals surface area contributed by atoms with Gasteiger partial charge in [0.1, 0.15) is 24.0 Å². The second-order valence-electron chi connectivity index (χ2n) is 7.53. The standard InChI is InChI=1S/C26H20BrIN2O4/c1-15-3-8-21(9-16(15)2)30-25(31)20(13-29)10-18-11-22(27)24(23(28)12-18)34-14-17-4-6-19(7-5-17)26(32)33/h3-12H,14H2,1-2H3,(H,30,31)(H,32,33)/b20-10+. The van der Waals surface area contributed by atoms with Crippen LogP contribution in [0.15, 0.2) is 64.6 Å². The number of hydrogen-bond donors (Lipinski definition) is 2. The minimum Gasteiger partial charge on any atom is -0.487 e. The maximum Gasteiger partial charge on any atom is 0.335 e. The zero-order valence-corrected chi connectivity index (χ0v) is 22.1. The van der Waals surface area contributed by atoms with Gasteiger partial charge < -0.3 is 15.2 Å². The molecule has 0 aliphatic heterocycles. The zero-order chi connectivity index (χ0) is 24.8. The summed E-state index contributed by atoms with van der Waals surface area (Å²) in [6.07, 6.45) is 1.53. The van der Waals surface area contributed by atoms with Crippen molar-refractivity contribution in [3.8, 4) is 11.8 Å². The minimum atomic E-state index is -0.979. The third-order valence-corrected chi connectivity index (χ3v) is 6.44. The van der Waals surface area contributed by atoms with E-state index in [-0.39, 0.29) is 17.7 Å². The molecule has 0 unspecified atom stereocenters. The molecule has 172 valence electrons. The number of ether oxygens (including phenoxy) is 1. The number of nitrogens with zero attached hydrogens (tertiary/aromatic N) is 1. The Kier molecular flexibility index (Phi) is 8.47. The maximum atomic E-state index is 12.6. The number of hydrogen-bond acceptors (Lipinski definition) is 4. The van der Waals surface area contributed by atoms with Gasteiger partial charge in [0, 0.05) is 5.69 Å². The van der Waals surface area contributed by atoms with Gasteiger partial charge in [0.2, 0.25) is 0 Å². The summed E-state index contributed by atoms with van der Waals surface area (Å²) in [5.41, 5.74) is 4.48. The molecule has 2 N–H and O–H groups in total. The number of carboxylic acids is 1. The van der Waals surface area contributed by atoms with Crippen molar-refractivity contribution in [3.05, 3.63) is 96.0 Å². The fraction of sp³-hybridized carbons (Fsp3) is 0.115. The summed E-state index contributed by atoms with van der Waals surface area (Å²) in [5, 5.41) is 21.3. The Labute approximate surface area is 219 Å². The molecule has 8 heteroatoms. The van der Waals surface area contributed by atoms with Gasteiger partial charge in [-0.1, -0.05) is 18.2 Å². The van der Waals surface area contributed by atoms with Crippen LogP contribution in [0.25, 0.3) is 6.08 Å². The van der Waals surface area contributed by atoms with E-state index >= 15 is 0 Å². The van der Waals surface area contributed by atoms with Crippen LogP contribution in [0.4, 0.5) is 5.69 Å². The monoisotopic (exact) mass is 630 g/mol. The van der Waals surface area contributed by atoms with Crippen molar-refractivity contribution in [1.29, 1.82) is 5.26 Å². The molecule has 0 aliphatic carbocycles. The van der Waals surface area contributed by atoms with E-state index in [0.29, 0.717) is 21.5 Å². The number of amides is 1. The Balaban J connectivity index is 1.75. The molecule has 6 nitrogen and oxygen atoms in total. The average molecular weight is 631 g/mol. The normalized spacial score (nSPS) is 11.0. The molecule has 0 heterocycles. The molecular formula is C26H20BrIN2O4. The highest BCUT2D eigenvalue weighted by atomic mass is 127. The van der Waals surface area contributed by atoms with E-state index in [0.717, 1.165) is 20.3 Å². The Morgan fingerprint density at radius 1 is 1.12 bits per heavy atom. The minimum absolute atomic E-state index is 0.0203. The second-order valence-corrected chi connectivity index (χ2v) is 9.54. The molecule has 0 saturated carbocycles. The molecule has 3 aromatic carbocycles. The van der Waals surface area contributed by atoms with E-state index in [9.17, 15) is 14.9 Å². The lowest BCUT2D eigenvalue weighted by atomic mass is 10.1. The smallest absolute Gasteiger partial charge is 0.335 e. The fourth-order valence-electron chi connectivity index (χ4n) is 3.03. The molecule has 0 fully saturated rings. The number of nitriles is 1. The van der Waals surface area contributed by atoms with E-state index in [2.05, 4.69) is 43.8 Å². The van der Waals surface area contributed by atoms with Crippen LogP contribution in [0.1, 0.15) is 32.6 Å². The fourth-order valence-corrected chi connectivity index (χ4v) is 4.80. The first-order chi connectivity index (χ1) is 16.2. The number of aromatic carboxylic acids is 1. The molecule has 0 aliphatic rings. The lowest BCUT2D eigenvalue weighted by molar-refractivity contribution is -0.112. The molecule has 0 bridgehead atoms. The molecule has 3 aromatic rings. The Hall–Kier alpha value is -3.16. The first-order valence-corrected chi connectivity index (χ1v) is 12.0. The Morgan fingerprint density at radius 3 is 2.41 bits per heavy atom. The van der Waals surface area contributed by atoms with E-state index in [1.165, 1.54) is 18.2 Å². The summed E-state index contributed by atoms with van der Waals surface area (Å²) in [5.74, 6) is -0.854. The molecule has 1 amide bonds. The highest BCUT2D eigenvalue weighted by Crippen LogP contribution is 2.33. The van der Waals surface area contributed by atoms with Crippen LogP contribution in [0.3, 0.4) is 0 Å². The van der Waals surface area contributed by atoms with Crippen molar-refractivity contribution >= 4 is 62.2 Å². The summed E-state index contributed by atoms with van der Waals surface area (Å²) in [4.78, 5) is 23.6. The first kappa shape index (κ1) is 25.5. The molecule has 0 spiro atoms. The summed E-state index contributed by atoms with van der Waals surface area (Å²) in [6.45, 7) is 4.20. The van der Waals surface area contributed by atoms with Crippen molar-refractivity contribution in [2.45, 2.75) is 20.5 Å². The Bertz CT molecular complexity index is 1300. The van der Waals surface area contributed by atoms with Gasteiger partial charge in [-0.25, -0.2) is 4.79 Å². The van der Waals surface area contributed by atoms with Gasteiger partial charge in [0.25, 0.3) is 5.91 Å². The highest BCUT2D eigenvalue weighted by molar-refractivity contribution is 14.1. The zero-order valence-electron chi connectivity index (χ0n) is 18.4. The van der Waals surface area contributed by atoms with Crippen LogP contribution in [0, 0.1) is 28.7 Å². The molecular weight excluding hydrogens is 611 g/mol. The van der Waals surface area contributed by atoms with Crippen LogP contribution in [0.5, 0.6) is 5.75 Å². The van der Waals surface area contributed by atoms with Crippen molar-refractivity contribution in [2.24, 2.45) is 0 Å². The van der Waals surface area contributed by atoms with Crippen LogP contribution >= 0.6 is 38.5 Å². The lowest BCUT2D eigenvalue weighted by Gasteiger charge is -2.12. The number of halogens is 2. The van der Waals surface area contributed by atoms with Gasteiger partial charge in [-0.2, -0.15) is 5.26 Å². The number of benzene rings is 3. The maximum absolute atomic E-state index is 12.6. The van der Waals surface area contributed by atoms with Gasteiger partial charge in [0.05, 0.1) is 13.6 Å². The third-order valence-electron chi connectivity index (χ3n) is 5.05. The Morgan fingerprint density at radius 2 is 1.82 bits per heavy atom. The quantitative estimate of drug-likeness (QED) is 0.177. The van der Waals surface area contributed by atoms with Crippen molar-refractivity contribution in [1.82, 2.24) is 0 Å². The number of carbonyl (C=O) groups is 2. The summed E-state index contributed by atoms with van der Waals surface area (Å²) in [6, 6.07) is 17.6. The number of carbonyl (C=O) groups excluding carboxylic acids is 1. The van der Waals surface area contributed by atoms with E-state index < -0.39 is 11.9 Å². The van der Waals surface area contributed by atoms with E-state index in [4.69, 9.17) is 9.84 Å². The molecule has 0 radical (unpaired) electrons. The predicted molar refractivity (Wildman–Crippen MR) is 143 cm³/mol. The molecule has 0 saturated heterocycles. The number of anilines is 1. The van der Waals surface area contributed by atoms with Gasteiger partial charge in [-0.15, -0.1) is 0 Å². The summed E-state index contributed by atoms with van der Waals surface area (Å²) < 4.78 is 7.37. The summed E-state index contributed by atoms with van der Waals surface area (Å²) in [7, 11) is 0. The number of carboxylic acid groups (broad SMARTS) is 1. The van der Waals surface area contributed by atoms with Gasteiger partial charge in [-0.3, -0.25) is 4.79 Å².